The molecule has 0 unspecified atom stereocenters. The summed E-state index contributed by atoms with van der Waals surface area (Å²) in [4.78, 5) is 1.91. The standard InChI is InChI=1S/C5H13BrN2O2S/c1-8(2)4-3-7-11(9,10)5-6/h7H,3-5H2,1-2H3. The summed E-state index contributed by atoms with van der Waals surface area (Å²) in [5.41, 5.74) is 0. The van der Waals surface area contributed by atoms with E-state index in [0.717, 1.165) is 0 Å². The van der Waals surface area contributed by atoms with Crippen molar-refractivity contribution < 1.29 is 8.42 Å². The number of hydrogen-bond donors (Lipinski definition) is 1. The van der Waals surface area contributed by atoms with Crippen LogP contribution in [0.3, 0.4) is 0 Å². The van der Waals surface area contributed by atoms with E-state index in [0.29, 0.717) is 13.1 Å². The quantitative estimate of drug-likeness (QED) is 0.683. The fraction of sp³-hybridized carbons (Fsp3) is 1.00. The zero-order valence-electron chi connectivity index (χ0n) is 6.67. The van der Waals surface area contributed by atoms with E-state index in [-0.39, 0.29) is 4.66 Å². The number of hydrogen-bond acceptors (Lipinski definition) is 3. The lowest BCUT2D eigenvalue weighted by molar-refractivity contribution is 0.412. The summed E-state index contributed by atoms with van der Waals surface area (Å²) in [6.45, 7) is 1.17. The van der Waals surface area contributed by atoms with E-state index in [1.165, 1.54) is 0 Å². The van der Waals surface area contributed by atoms with Crippen molar-refractivity contribution in [3.05, 3.63) is 0 Å². The molecule has 0 radical (unpaired) electrons. The number of nitrogens with one attached hydrogen (secondary N) is 1. The Morgan fingerprint density at radius 2 is 2.00 bits per heavy atom. The van der Waals surface area contributed by atoms with Gasteiger partial charge in [0.15, 0.2) is 0 Å². The Hall–Kier alpha value is 0.350. The van der Waals surface area contributed by atoms with Crippen LogP contribution < -0.4 is 4.72 Å². The molecule has 0 aromatic carbocycles. The molecule has 4 nitrogen and oxygen atoms in total. The summed E-state index contributed by atoms with van der Waals surface area (Å²) in [5.74, 6) is 0. The molecule has 0 aliphatic carbocycles. The number of likely N-dealkylation sites (N-methyl/N-ethyl adjacent to an activating group) is 1. The van der Waals surface area contributed by atoms with Gasteiger partial charge >= 0.3 is 0 Å². The Balaban J connectivity index is 3.55. The van der Waals surface area contributed by atoms with Crippen LogP contribution in [0.15, 0.2) is 0 Å². The van der Waals surface area contributed by atoms with E-state index < -0.39 is 10.0 Å². The third-order valence-corrected chi connectivity index (χ3v) is 3.76. The predicted octanol–water partition coefficient (Wildman–Crippen LogP) is -0.180. The van der Waals surface area contributed by atoms with Crippen LogP contribution in [-0.4, -0.2) is 45.2 Å². The SMILES string of the molecule is CN(C)CCNS(=O)(=O)CBr. The minimum Gasteiger partial charge on any atom is -0.308 e. The van der Waals surface area contributed by atoms with Crippen molar-refractivity contribution in [2.24, 2.45) is 0 Å². The highest BCUT2D eigenvalue weighted by molar-refractivity contribution is 9.10. The lowest BCUT2D eigenvalue weighted by Crippen LogP contribution is -2.31. The number of halogens is 1. The summed E-state index contributed by atoms with van der Waals surface area (Å²) in [6.07, 6.45) is 0. The van der Waals surface area contributed by atoms with Crippen LogP contribution in [0.5, 0.6) is 0 Å². The highest BCUT2D eigenvalue weighted by Crippen LogP contribution is 1.89. The average molecular weight is 245 g/mol. The highest BCUT2D eigenvalue weighted by atomic mass is 79.9. The van der Waals surface area contributed by atoms with Gasteiger partial charge in [-0.25, -0.2) is 13.1 Å². The average Bonchev–Trinajstić information content (AvgIpc) is 1.87. The molecule has 0 fully saturated rings. The molecule has 0 atom stereocenters. The topological polar surface area (TPSA) is 49.4 Å². The summed E-state index contributed by atoms with van der Waals surface area (Å²) in [5, 5.41) is 0. The fourth-order valence-electron chi connectivity index (χ4n) is 0.463. The Bertz CT molecular complexity index is 191. The second-order valence-electron chi connectivity index (χ2n) is 2.42. The van der Waals surface area contributed by atoms with Gasteiger partial charge in [0.25, 0.3) is 0 Å². The first-order chi connectivity index (χ1) is 4.98. The monoisotopic (exact) mass is 244 g/mol. The van der Waals surface area contributed by atoms with E-state index in [1.54, 1.807) is 0 Å². The van der Waals surface area contributed by atoms with Crippen LogP contribution >= 0.6 is 15.9 Å². The maximum absolute atomic E-state index is 10.8. The van der Waals surface area contributed by atoms with Crippen molar-refractivity contribution in [2.75, 3.05) is 31.8 Å². The zero-order chi connectivity index (χ0) is 8.91. The lowest BCUT2D eigenvalue weighted by Gasteiger charge is -2.09. The largest absolute Gasteiger partial charge is 0.308 e. The number of rotatable bonds is 5. The van der Waals surface area contributed by atoms with Gasteiger partial charge in [-0.2, -0.15) is 0 Å². The molecule has 0 heterocycles. The van der Waals surface area contributed by atoms with Crippen LogP contribution in [0.2, 0.25) is 0 Å². The van der Waals surface area contributed by atoms with Gasteiger partial charge in [-0.1, -0.05) is 15.9 Å². The van der Waals surface area contributed by atoms with Crippen LogP contribution in [0.1, 0.15) is 0 Å². The Labute approximate surface area is 76.1 Å². The van der Waals surface area contributed by atoms with Gasteiger partial charge in [0.1, 0.15) is 4.66 Å². The number of nitrogens with zero attached hydrogens (tertiary/aromatic N) is 1. The van der Waals surface area contributed by atoms with Crippen molar-refractivity contribution >= 4 is 26.0 Å². The molecule has 0 saturated carbocycles. The molecule has 0 saturated heterocycles. The Kier molecular flexibility index (Phi) is 5.24. The minimum absolute atomic E-state index is 0.0343. The van der Waals surface area contributed by atoms with Crippen molar-refractivity contribution in [3.63, 3.8) is 0 Å². The molecule has 0 spiro atoms. The van der Waals surface area contributed by atoms with Crippen LogP contribution in [-0.2, 0) is 10.0 Å². The third kappa shape index (κ3) is 6.74. The molecule has 6 heteroatoms. The van der Waals surface area contributed by atoms with Gasteiger partial charge in [-0.3, -0.25) is 0 Å². The molecular formula is C5H13BrN2O2S. The molecule has 0 aliphatic heterocycles. The summed E-state index contributed by atoms with van der Waals surface area (Å²) in [7, 11) is 0.707. The molecule has 68 valence electrons. The van der Waals surface area contributed by atoms with Crippen molar-refractivity contribution in [1.82, 2.24) is 9.62 Å². The molecule has 0 aliphatic rings. The Morgan fingerprint density at radius 3 is 2.36 bits per heavy atom. The molecule has 1 N–H and O–H groups in total. The second kappa shape index (κ2) is 5.08. The zero-order valence-corrected chi connectivity index (χ0v) is 9.07. The Morgan fingerprint density at radius 1 is 1.45 bits per heavy atom. The van der Waals surface area contributed by atoms with Gasteiger partial charge in [-0.05, 0) is 14.1 Å². The van der Waals surface area contributed by atoms with Crippen LogP contribution in [0, 0.1) is 0 Å². The highest BCUT2D eigenvalue weighted by Gasteiger charge is 2.05. The molecule has 0 aromatic heterocycles. The van der Waals surface area contributed by atoms with Crippen LogP contribution in [0.25, 0.3) is 0 Å². The molecule has 0 bridgehead atoms. The summed E-state index contributed by atoms with van der Waals surface area (Å²) in [6, 6.07) is 0. The van der Waals surface area contributed by atoms with Gasteiger partial charge in [0, 0.05) is 13.1 Å². The van der Waals surface area contributed by atoms with Crippen molar-refractivity contribution in [3.8, 4) is 0 Å². The molecule has 0 aromatic rings. The van der Waals surface area contributed by atoms with Gasteiger partial charge < -0.3 is 4.90 Å². The molecule has 0 amide bonds. The van der Waals surface area contributed by atoms with Crippen molar-refractivity contribution in [2.45, 2.75) is 0 Å². The molecule has 0 rings (SSSR count). The normalized spacial score (nSPS) is 12.4. The van der Waals surface area contributed by atoms with Crippen molar-refractivity contribution in [1.29, 1.82) is 0 Å². The maximum atomic E-state index is 10.8. The van der Waals surface area contributed by atoms with E-state index in [1.807, 2.05) is 19.0 Å². The van der Waals surface area contributed by atoms with Gasteiger partial charge in [0.05, 0.1) is 0 Å². The first-order valence-electron chi connectivity index (χ1n) is 3.16. The maximum Gasteiger partial charge on any atom is 0.221 e. The molecule has 11 heavy (non-hydrogen) atoms. The first-order valence-corrected chi connectivity index (χ1v) is 5.93. The molecular weight excluding hydrogens is 232 g/mol. The van der Waals surface area contributed by atoms with Gasteiger partial charge in [0.2, 0.25) is 10.0 Å². The van der Waals surface area contributed by atoms with E-state index in [2.05, 4.69) is 20.7 Å². The van der Waals surface area contributed by atoms with E-state index in [4.69, 9.17) is 0 Å². The number of alkyl halides is 1. The van der Waals surface area contributed by atoms with E-state index >= 15 is 0 Å². The van der Waals surface area contributed by atoms with Gasteiger partial charge in [-0.15, -0.1) is 0 Å². The first kappa shape index (κ1) is 11.4. The number of sulfonamides is 1. The third-order valence-electron chi connectivity index (χ3n) is 1.02. The van der Waals surface area contributed by atoms with E-state index in [9.17, 15) is 8.42 Å². The summed E-state index contributed by atoms with van der Waals surface area (Å²) >= 11 is 2.87. The minimum atomic E-state index is -3.08. The lowest BCUT2D eigenvalue weighted by atomic mass is 10.6. The second-order valence-corrected chi connectivity index (χ2v) is 5.53. The van der Waals surface area contributed by atoms with Crippen LogP contribution in [0.4, 0.5) is 0 Å². The summed E-state index contributed by atoms with van der Waals surface area (Å²) < 4.78 is 24.0. The fourth-order valence-corrected chi connectivity index (χ4v) is 1.43. The predicted molar refractivity (Wildman–Crippen MR) is 49.3 cm³/mol. The smallest absolute Gasteiger partial charge is 0.221 e.